The summed E-state index contributed by atoms with van der Waals surface area (Å²) in [6, 6.07) is 10.2. The molecule has 4 N–H and O–H groups in total. The number of rotatable bonds is 7. The average molecular weight is 451 g/mol. The van der Waals surface area contributed by atoms with Gasteiger partial charge >= 0.3 is 7.82 Å². The summed E-state index contributed by atoms with van der Waals surface area (Å²) in [5.74, 6) is 0.652. The van der Waals surface area contributed by atoms with Crippen molar-refractivity contribution in [1.29, 1.82) is 0 Å². The Bertz CT molecular complexity index is 1150. The first kappa shape index (κ1) is 22.0. The molecule has 0 fully saturated rings. The van der Waals surface area contributed by atoms with E-state index >= 15 is 0 Å². The number of nitrogens with zero attached hydrogens (tertiary/aromatic N) is 2. The molecule has 9 nitrogen and oxygen atoms in total. The van der Waals surface area contributed by atoms with Crippen molar-refractivity contribution in [2.24, 2.45) is 0 Å². The molecule has 11 heteroatoms. The number of phosphoric ester groups is 1. The molecular weight excluding hydrogens is 429 g/mol. The minimum Gasteiger partial charge on any atom is -0.507 e. The van der Waals surface area contributed by atoms with Crippen molar-refractivity contribution in [1.82, 2.24) is 14.8 Å². The third kappa shape index (κ3) is 4.91. The highest BCUT2D eigenvalue weighted by atomic mass is 32.1. The molecule has 0 aliphatic carbocycles. The second-order valence-corrected chi connectivity index (χ2v) is 8.48. The zero-order valence-electron chi connectivity index (χ0n) is 16.6. The van der Waals surface area contributed by atoms with E-state index in [1.54, 1.807) is 17.7 Å². The lowest BCUT2D eigenvalue weighted by Gasteiger charge is -2.17. The van der Waals surface area contributed by atoms with Gasteiger partial charge in [-0.25, -0.2) is 4.57 Å². The fourth-order valence-electron chi connectivity index (χ4n) is 3.01. The summed E-state index contributed by atoms with van der Waals surface area (Å²) in [5.41, 5.74) is 1.81. The second kappa shape index (κ2) is 8.61. The summed E-state index contributed by atoms with van der Waals surface area (Å²) in [5, 5.41) is 17.5. The Labute approximate surface area is 178 Å². The molecule has 0 radical (unpaired) electrons. The number of methoxy groups -OCH3 is 1. The first-order valence-electron chi connectivity index (χ1n) is 8.99. The van der Waals surface area contributed by atoms with Crippen molar-refractivity contribution in [3.05, 3.63) is 52.3 Å². The number of aromatic hydroxyl groups is 1. The molecule has 0 atom stereocenters. The molecule has 3 rings (SSSR count). The molecule has 0 saturated carbocycles. The molecule has 0 bridgehead atoms. The molecular formula is C19H22N3O6PS. The number of hydrogen-bond acceptors (Lipinski definition) is 6. The smallest absolute Gasteiger partial charge is 0.507 e. The number of phenols is 1. The van der Waals surface area contributed by atoms with E-state index < -0.39 is 7.82 Å². The number of H-pyrrole nitrogens is 1. The minimum atomic E-state index is -4.78. The van der Waals surface area contributed by atoms with Gasteiger partial charge in [-0.15, -0.1) is 0 Å². The summed E-state index contributed by atoms with van der Waals surface area (Å²) in [6.07, 6.45) is 0. The first-order chi connectivity index (χ1) is 14.1. The number of hydrogen-bond donors (Lipinski definition) is 4. The van der Waals surface area contributed by atoms with Crippen LogP contribution in [0.3, 0.4) is 0 Å². The van der Waals surface area contributed by atoms with E-state index in [1.807, 2.05) is 38.1 Å². The van der Waals surface area contributed by atoms with Gasteiger partial charge in [-0.1, -0.05) is 26.0 Å². The van der Waals surface area contributed by atoms with Crippen LogP contribution in [0.15, 0.2) is 36.4 Å². The van der Waals surface area contributed by atoms with Gasteiger partial charge in [0.2, 0.25) is 0 Å². The van der Waals surface area contributed by atoms with Crippen molar-refractivity contribution in [3.8, 4) is 28.6 Å². The van der Waals surface area contributed by atoms with Gasteiger partial charge in [-0.3, -0.25) is 19.5 Å². The van der Waals surface area contributed by atoms with Crippen LogP contribution in [0.1, 0.15) is 30.9 Å². The minimum absolute atomic E-state index is 0.0876. The lowest BCUT2D eigenvalue weighted by Crippen LogP contribution is -2.04. The molecule has 0 saturated heterocycles. The van der Waals surface area contributed by atoms with E-state index in [0.717, 1.165) is 11.3 Å². The molecule has 30 heavy (non-hydrogen) atoms. The molecule has 0 unspecified atom stereocenters. The maximum absolute atomic E-state index is 11.3. The fourth-order valence-corrected chi connectivity index (χ4v) is 3.62. The van der Waals surface area contributed by atoms with Gasteiger partial charge in [-0.05, 0) is 47.5 Å². The zero-order valence-corrected chi connectivity index (χ0v) is 18.3. The lowest BCUT2D eigenvalue weighted by molar-refractivity contribution is 0.281. The maximum Gasteiger partial charge on any atom is 0.524 e. The Kier molecular flexibility index (Phi) is 6.33. The molecule has 0 aliphatic rings. The van der Waals surface area contributed by atoms with Crippen molar-refractivity contribution in [2.45, 2.75) is 26.3 Å². The molecule has 3 aromatic rings. The van der Waals surface area contributed by atoms with Crippen LogP contribution in [0, 0.1) is 4.77 Å². The number of nitrogens with one attached hydrogen (secondary N) is 1. The van der Waals surface area contributed by atoms with E-state index in [4.69, 9.17) is 31.3 Å². The third-order valence-electron chi connectivity index (χ3n) is 4.47. The monoisotopic (exact) mass is 451 g/mol. The van der Waals surface area contributed by atoms with E-state index in [2.05, 4.69) is 10.2 Å². The van der Waals surface area contributed by atoms with Crippen molar-refractivity contribution in [2.75, 3.05) is 7.11 Å². The number of benzene rings is 2. The Morgan fingerprint density at radius 1 is 1.23 bits per heavy atom. The topological polar surface area (TPSA) is 130 Å². The van der Waals surface area contributed by atoms with Crippen LogP contribution in [0.5, 0.6) is 17.2 Å². The lowest BCUT2D eigenvalue weighted by atomic mass is 9.98. The van der Waals surface area contributed by atoms with Crippen LogP contribution in [-0.2, 0) is 11.1 Å². The van der Waals surface area contributed by atoms with E-state index in [9.17, 15) is 9.67 Å². The van der Waals surface area contributed by atoms with Crippen LogP contribution in [-0.4, -0.2) is 36.8 Å². The van der Waals surface area contributed by atoms with Gasteiger partial charge in [0.25, 0.3) is 0 Å². The Morgan fingerprint density at radius 3 is 2.47 bits per heavy atom. The molecule has 160 valence electrons. The Morgan fingerprint density at radius 2 is 1.90 bits per heavy atom. The largest absolute Gasteiger partial charge is 0.524 e. The maximum atomic E-state index is 11.3. The van der Waals surface area contributed by atoms with Gasteiger partial charge in [-0.2, -0.15) is 5.10 Å². The summed E-state index contributed by atoms with van der Waals surface area (Å²) in [7, 11) is -3.19. The fraction of sp³-hybridized carbons (Fsp3) is 0.263. The molecule has 0 spiro atoms. The third-order valence-corrected chi connectivity index (χ3v) is 5.21. The highest BCUT2D eigenvalue weighted by Gasteiger charge is 2.23. The van der Waals surface area contributed by atoms with E-state index in [-0.39, 0.29) is 17.4 Å². The molecule has 2 aromatic carbocycles. The van der Waals surface area contributed by atoms with Crippen LogP contribution in [0.2, 0.25) is 0 Å². The van der Waals surface area contributed by atoms with Crippen LogP contribution < -0.4 is 9.26 Å². The van der Waals surface area contributed by atoms with Gasteiger partial charge in [0.05, 0.1) is 19.2 Å². The van der Waals surface area contributed by atoms with Gasteiger partial charge in [0.1, 0.15) is 17.2 Å². The number of aromatic amines is 1. The Balaban J connectivity index is 2.06. The summed E-state index contributed by atoms with van der Waals surface area (Å²) >= 11 is 5.36. The highest BCUT2D eigenvalue weighted by molar-refractivity contribution is 7.71. The molecule has 0 amide bonds. The van der Waals surface area contributed by atoms with Crippen molar-refractivity contribution < 1.29 is 28.7 Å². The van der Waals surface area contributed by atoms with Crippen LogP contribution in [0.25, 0.3) is 11.4 Å². The highest BCUT2D eigenvalue weighted by Crippen LogP contribution is 2.45. The van der Waals surface area contributed by atoms with Gasteiger partial charge in [0, 0.05) is 6.07 Å². The quantitative estimate of drug-likeness (QED) is 0.314. The normalized spacial score (nSPS) is 11.7. The standard InChI is InChI=1S/C19H22N3O6PS/c1-11(2)14-8-15(16(23)9-17(14)28-29(24,25)26)18-20-21-19(30)22(18)10-12-4-6-13(27-3)7-5-12/h4-9,11,23H,10H2,1-3H3,(H,21,30)(H2,24,25,26). The Hall–Kier alpha value is -2.65. The summed E-state index contributed by atoms with van der Waals surface area (Å²) in [6.45, 7) is 4.08. The molecule has 1 heterocycles. The second-order valence-electron chi connectivity index (χ2n) is 6.93. The van der Waals surface area contributed by atoms with E-state index in [0.29, 0.717) is 28.3 Å². The predicted molar refractivity (Wildman–Crippen MR) is 113 cm³/mol. The summed E-state index contributed by atoms with van der Waals surface area (Å²) < 4.78 is 23.3. The van der Waals surface area contributed by atoms with Crippen molar-refractivity contribution >= 4 is 20.0 Å². The van der Waals surface area contributed by atoms with Crippen LogP contribution in [0.4, 0.5) is 0 Å². The number of ether oxygens (including phenoxy) is 1. The number of phenolic OH excluding ortho intramolecular Hbond substituents is 1. The van der Waals surface area contributed by atoms with Gasteiger partial charge in [0.15, 0.2) is 10.6 Å². The predicted octanol–water partition coefficient (Wildman–Crippen LogP) is 3.97. The average Bonchev–Trinajstić information content (AvgIpc) is 3.01. The van der Waals surface area contributed by atoms with Gasteiger partial charge < -0.3 is 14.4 Å². The van der Waals surface area contributed by atoms with E-state index in [1.165, 1.54) is 6.07 Å². The number of phosphoric acid groups is 1. The first-order valence-corrected chi connectivity index (χ1v) is 10.9. The van der Waals surface area contributed by atoms with Crippen molar-refractivity contribution in [3.63, 3.8) is 0 Å². The zero-order chi connectivity index (χ0) is 22.1. The van der Waals surface area contributed by atoms with Crippen LogP contribution >= 0.6 is 20.0 Å². The SMILES string of the molecule is COc1ccc(Cn2c(-c3cc(C(C)C)c(OP(=O)(O)O)cc3O)n[nH]c2=S)cc1. The molecule has 0 aliphatic heterocycles. The molecule has 1 aromatic heterocycles. The number of aromatic nitrogens is 3. The summed E-state index contributed by atoms with van der Waals surface area (Å²) in [4.78, 5) is 18.3.